The van der Waals surface area contributed by atoms with E-state index in [1.165, 1.54) is 17.5 Å². The van der Waals surface area contributed by atoms with Crippen molar-refractivity contribution in [1.82, 2.24) is 15.0 Å². The summed E-state index contributed by atoms with van der Waals surface area (Å²) < 4.78 is 12.5. The van der Waals surface area contributed by atoms with Gasteiger partial charge in [-0.1, -0.05) is 29.4 Å². The molecule has 0 saturated heterocycles. The maximum atomic E-state index is 13.4. The Balaban J connectivity index is 1.30. The highest BCUT2D eigenvalue weighted by atomic mass is 35.5. The van der Waals surface area contributed by atoms with Gasteiger partial charge in [-0.25, -0.2) is 9.97 Å². The Kier molecular flexibility index (Phi) is 8.61. The predicted octanol–water partition coefficient (Wildman–Crippen LogP) is 7.14. The van der Waals surface area contributed by atoms with E-state index in [4.69, 9.17) is 21.1 Å². The van der Waals surface area contributed by atoms with Gasteiger partial charge >= 0.3 is 0 Å². The summed E-state index contributed by atoms with van der Waals surface area (Å²) in [7, 11) is 1.54. The molecule has 1 aliphatic rings. The summed E-state index contributed by atoms with van der Waals surface area (Å²) in [5, 5.41) is 3.69. The van der Waals surface area contributed by atoms with Crippen molar-refractivity contribution in [3.05, 3.63) is 59.1 Å². The van der Waals surface area contributed by atoms with Gasteiger partial charge in [-0.3, -0.25) is 19.9 Å². The molecule has 40 heavy (non-hydrogen) atoms. The van der Waals surface area contributed by atoms with Crippen LogP contribution in [-0.2, 0) is 4.79 Å². The van der Waals surface area contributed by atoms with Crippen molar-refractivity contribution in [2.45, 2.75) is 46.0 Å². The molecule has 0 bridgehead atoms. The summed E-state index contributed by atoms with van der Waals surface area (Å²) in [5.41, 5.74) is 3.15. The van der Waals surface area contributed by atoms with E-state index in [2.05, 4.69) is 20.3 Å². The van der Waals surface area contributed by atoms with Crippen LogP contribution in [0.25, 0.3) is 21.3 Å². The Hall–Kier alpha value is -3.56. The minimum Gasteiger partial charge on any atom is -0.494 e. The number of carbonyl (C=O) groups excluding carboxylic acids is 2. The van der Waals surface area contributed by atoms with Gasteiger partial charge in [-0.15, -0.1) is 0 Å². The minimum absolute atomic E-state index is 0.196. The second kappa shape index (κ2) is 12.3. The Bertz CT molecular complexity index is 1560. The lowest BCUT2D eigenvalue weighted by molar-refractivity contribution is -0.121. The fourth-order valence-corrected chi connectivity index (χ4v) is 6.13. The molecule has 1 aliphatic carbocycles. The van der Waals surface area contributed by atoms with Gasteiger partial charge in [0.25, 0.3) is 5.91 Å². The fourth-order valence-electron chi connectivity index (χ4n) is 5.13. The van der Waals surface area contributed by atoms with E-state index in [9.17, 15) is 9.59 Å². The van der Waals surface area contributed by atoms with Gasteiger partial charge in [0.05, 0.1) is 35.7 Å². The molecule has 3 heterocycles. The molecule has 3 aromatic heterocycles. The van der Waals surface area contributed by atoms with E-state index in [0.29, 0.717) is 51.0 Å². The molecule has 0 radical (unpaired) electrons. The number of methoxy groups -OCH3 is 1. The van der Waals surface area contributed by atoms with Gasteiger partial charge < -0.3 is 9.47 Å². The molecule has 1 N–H and O–H groups in total. The van der Waals surface area contributed by atoms with Gasteiger partial charge in [-0.05, 0) is 69.7 Å². The van der Waals surface area contributed by atoms with Crippen molar-refractivity contribution >= 4 is 50.0 Å². The van der Waals surface area contributed by atoms with Gasteiger partial charge in [0.15, 0.2) is 5.13 Å². The molecule has 2 atom stereocenters. The van der Waals surface area contributed by atoms with Gasteiger partial charge in [-0.2, -0.15) is 0 Å². The third kappa shape index (κ3) is 6.42. The number of aromatic nitrogens is 3. The molecule has 0 spiro atoms. The van der Waals surface area contributed by atoms with Crippen molar-refractivity contribution in [2.75, 3.05) is 19.0 Å². The number of pyridine rings is 2. The molecule has 1 saturated carbocycles. The molecular weight excluding hydrogens is 548 g/mol. The van der Waals surface area contributed by atoms with Crippen LogP contribution in [0.5, 0.6) is 11.5 Å². The number of hydrogen-bond donors (Lipinski definition) is 1. The second-order valence-corrected chi connectivity index (χ2v) is 11.6. The Morgan fingerprint density at radius 2 is 1.93 bits per heavy atom. The molecule has 8 nitrogen and oxygen atoms in total. The van der Waals surface area contributed by atoms with E-state index < -0.39 is 0 Å². The first-order valence-electron chi connectivity index (χ1n) is 13.3. The Labute approximate surface area is 242 Å². The number of thiazole rings is 1. The molecule has 1 fully saturated rings. The number of halogens is 1. The predicted molar refractivity (Wildman–Crippen MR) is 158 cm³/mol. The average Bonchev–Trinajstić information content (AvgIpc) is 3.17. The molecule has 208 valence electrons. The zero-order valence-corrected chi connectivity index (χ0v) is 24.3. The maximum absolute atomic E-state index is 13.4. The summed E-state index contributed by atoms with van der Waals surface area (Å²) in [4.78, 5) is 38.2. The number of carbonyl (C=O) groups is 2. The van der Waals surface area contributed by atoms with Crippen molar-refractivity contribution in [2.24, 2.45) is 11.8 Å². The quantitative estimate of drug-likeness (QED) is 0.175. The fraction of sp³-hybridized carbons (Fsp3) is 0.367. The SMILES string of the molecule is COc1cnc(Cl)cc1-c1cc(C)ncc1C(=O)Nc1nc2cc(OCC3CCCC(C(C)=O)CC3)ccc2s1. The average molecular weight is 579 g/mol. The van der Waals surface area contributed by atoms with Crippen molar-refractivity contribution < 1.29 is 19.1 Å². The molecule has 1 aromatic carbocycles. The number of aryl methyl sites for hydroxylation is 1. The number of Topliss-reactive ketones (excluding diaryl/α,β-unsaturated/α-hetero) is 1. The number of ketones is 1. The zero-order chi connectivity index (χ0) is 28.2. The first-order chi connectivity index (χ1) is 19.3. The van der Waals surface area contributed by atoms with Crippen LogP contribution in [0.2, 0.25) is 5.15 Å². The summed E-state index contributed by atoms with van der Waals surface area (Å²) in [6.07, 6.45) is 8.14. The van der Waals surface area contributed by atoms with Crippen LogP contribution < -0.4 is 14.8 Å². The number of ether oxygens (including phenoxy) is 2. The number of hydrogen-bond acceptors (Lipinski definition) is 8. The standard InChI is InChI=1S/C30H31ClN4O4S/c1-17-11-22(23-13-28(31)33-15-26(23)38-3)24(14-32-17)29(37)35-30-34-25-12-21(9-10-27(25)40-30)39-16-19-5-4-6-20(8-7-19)18(2)36/h9-15,19-20H,4-8,16H2,1-3H3,(H,34,35,37). The maximum Gasteiger partial charge on any atom is 0.259 e. The third-order valence-corrected chi connectivity index (χ3v) is 8.52. The van der Waals surface area contributed by atoms with Crippen LogP contribution in [-0.4, -0.2) is 40.4 Å². The lowest BCUT2D eigenvalue weighted by Gasteiger charge is -2.15. The van der Waals surface area contributed by atoms with Gasteiger partial charge in [0, 0.05) is 35.0 Å². The second-order valence-electron chi connectivity index (χ2n) is 10.2. The van der Waals surface area contributed by atoms with E-state index >= 15 is 0 Å². The summed E-state index contributed by atoms with van der Waals surface area (Å²) in [5.74, 6) is 1.84. The highest BCUT2D eigenvalue weighted by Crippen LogP contribution is 2.35. The molecule has 10 heteroatoms. The largest absolute Gasteiger partial charge is 0.494 e. The van der Waals surface area contributed by atoms with E-state index in [1.54, 1.807) is 26.3 Å². The van der Waals surface area contributed by atoms with Gasteiger partial charge in [0.2, 0.25) is 0 Å². The normalized spacial score (nSPS) is 17.3. The van der Waals surface area contributed by atoms with E-state index in [1.807, 2.05) is 31.2 Å². The highest BCUT2D eigenvalue weighted by Gasteiger charge is 2.23. The number of fused-ring (bicyclic) bond motifs is 1. The minimum atomic E-state index is -0.342. The van der Waals surface area contributed by atoms with Gasteiger partial charge in [0.1, 0.15) is 22.4 Å². The zero-order valence-electron chi connectivity index (χ0n) is 22.7. The number of benzene rings is 1. The molecule has 5 rings (SSSR count). The lowest BCUT2D eigenvalue weighted by Crippen LogP contribution is -2.14. The first-order valence-corrected chi connectivity index (χ1v) is 14.5. The molecule has 2 unspecified atom stereocenters. The monoisotopic (exact) mass is 578 g/mol. The van der Waals surface area contributed by atoms with Crippen LogP contribution >= 0.6 is 22.9 Å². The summed E-state index contributed by atoms with van der Waals surface area (Å²) in [6, 6.07) is 9.28. The van der Waals surface area contributed by atoms with Crippen molar-refractivity contribution in [3.8, 4) is 22.6 Å². The van der Waals surface area contributed by atoms with E-state index in [-0.39, 0.29) is 11.8 Å². The number of amides is 1. The summed E-state index contributed by atoms with van der Waals surface area (Å²) in [6.45, 7) is 4.17. The number of rotatable bonds is 8. The first kappa shape index (κ1) is 28.0. The van der Waals surface area contributed by atoms with Crippen molar-refractivity contribution in [1.29, 1.82) is 0 Å². The summed E-state index contributed by atoms with van der Waals surface area (Å²) >= 11 is 7.55. The van der Waals surface area contributed by atoms with Crippen LogP contribution in [0.3, 0.4) is 0 Å². The highest BCUT2D eigenvalue weighted by molar-refractivity contribution is 7.22. The van der Waals surface area contributed by atoms with E-state index in [0.717, 1.165) is 53.8 Å². The number of anilines is 1. The smallest absolute Gasteiger partial charge is 0.259 e. The Morgan fingerprint density at radius 3 is 2.73 bits per heavy atom. The molecule has 0 aliphatic heterocycles. The third-order valence-electron chi connectivity index (χ3n) is 7.36. The van der Waals surface area contributed by atoms with Crippen molar-refractivity contribution in [3.63, 3.8) is 0 Å². The number of nitrogens with zero attached hydrogens (tertiary/aromatic N) is 3. The number of nitrogens with one attached hydrogen (secondary N) is 1. The molecule has 4 aromatic rings. The van der Waals surface area contributed by atoms with Crippen LogP contribution in [0.1, 0.15) is 55.1 Å². The molecule has 1 amide bonds. The van der Waals surface area contributed by atoms with Crippen LogP contribution in [0.4, 0.5) is 5.13 Å². The topological polar surface area (TPSA) is 103 Å². The molecular formula is C30H31ClN4O4S. The van der Waals surface area contributed by atoms with Crippen LogP contribution in [0.15, 0.2) is 42.7 Å². The Morgan fingerprint density at radius 1 is 1.07 bits per heavy atom. The lowest BCUT2D eigenvalue weighted by atomic mass is 9.95. The van der Waals surface area contributed by atoms with Crippen LogP contribution in [0, 0.1) is 18.8 Å².